The monoisotopic (exact) mass is 216 g/mol. The molecule has 4 heteroatoms. The minimum atomic E-state index is 0.543. The summed E-state index contributed by atoms with van der Waals surface area (Å²) in [5.74, 6) is 0. The van der Waals surface area contributed by atoms with Gasteiger partial charge in [-0.05, 0) is 36.4 Å². The van der Waals surface area contributed by atoms with Crippen LogP contribution in [0, 0.1) is 0 Å². The lowest BCUT2D eigenvalue weighted by Crippen LogP contribution is -2.19. The molecule has 1 saturated heterocycles. The molecule has 0 N–H and O–H groups in total. The third-order valence-electron chi connectivity index (χ3n) is 2.98. The minimum absolute atomic E-state index is 0.543. The van der Waals surface area contributed by atoms with Crippen molar-refractivity contribution in [2.24, 2.45) is 5.11 Å². The van der Waals surface area contributed by atoms with Crippen molar-refractivity contribution in [2.45, 2.75) is 19.3 Å². The lowest BCUT2D eigenvalue weighted by molar-refractivity contribution is 0.913. The fourth-order valence-electron chi connectivity index (χ4n) is 2.20. The number of para-hydroxylation sites is 1. The van der Waals surface area contributed by atoms with E-state index in [0.717, 1.165) is 19.5 Å². The molecule has 0 saturated carbocycles. The summed E-state index contributed by atoms with van der Waals surface area (Å²) in [6.07, 6.45) is 3.39. The molecule has 4 nitrogen and oxygen atoms in total. The molecule has 1 aliphatic heterocycles. The maximum Gasteiger partial charge on any atom is 0.0398 e. The molecule has 1 heterocycles. The van der Waals surface area contributed by atoms with E-state index in [1.807, 2.05) is 6.07 Å². The number of azide groups is 1. The maximum atomic E-state index is 8.27. The highest BCUT2D eigenvalue weighted by molar-refractivity contribution is 5.54. The van der Waals surface area contributed by atoms with E-state index in [4.69, 9.17) is 5.53 Å². The summed E-state index contributed by atoms with van der Waals surface area (Å²) in [6, 6.07) is 8.41. The normalized spacial score (nSPS) is 14.9. The van der Waals surface area contributed by atoms with Gasteiger partial charge in [0.25, 0.3) is 0 Å². The molecule has 84 valence electrons. The van der Waals surface area contributed by atoms with E-state index in [1.165, 1.54) is 24.1 Å². The Morgan fingerprint density at radius 1 is 1.25 bits per heavy atom. The van der Waals surface area contributed by atoms with Crippen LogP contribution in [0.3, 0.4) is 0 Å². The van der Waals surface area contributed by atoms with Gasteiger partial charge in [-0.1, -0.05) is 23.3 Å². The minimum Gasteiger partial charge on any atom is -0.371 e. The zero-order chi connectivity index (χ0) is 11.2. The molecule has 2 rings (SSSR count). The highest BCUT2D eigenvalue weighted by Crippen LogP contribution is 2.24. The van der Waals surface area contributed by atoms with Crippen molar-refractivity contribution < 1.29 is 0 Å². The van der Waals surface area contributed by atoms with Gasteiger partial charge < -0.3 is 4.90 Å². The molecule has 1 fully saturated rings. The first-order valence-electron chi connectivity index (χ1n) is 5.75. The standard InChI is InChI=1S/C12H16N4/c13-15-14-8-7-11-5-1-2-6-12(11)16-9-3-4-10-16/h1-2,5-6H,3-4,7-10H2. The number of benzene rings is 1. The fourth-order valence-corrected chi connectivity index (χ4v) is 2.20. The van der Waals surface area contributed by atoms with Gasteiger partial charge >= 0.3 is 0 Å². The van der Waals surface area contributed by atoms with Gasteiger partial charge in [-0.25, -0.2) is 0 Å². The highest BCUT2D eigenvalue weighted by Gasteiger charge is 2.14. The van der Waals surface area contributed by atoms with Crippen LogP contribution in [0.4, 0.5) is 5.69 Å². The van der Waals surface area contributed by atoms with E-state index in [1.54, 1.807) is 0 Å². The van der Waals surface area contributed by atoms with Crippen LogP contribution in [-0.4, -0.2) is 19.6 Å². The van der Waals surface area contributed by atoms with E-state index < -0.39 is 0 Å². The zero-order valence-corrected chi connectivity index (χ0v) is 9.34. The Bertz CT molecular complexity index is 390. The van der Waals surface area contributed by atoms with Crippen LogP contribution in [-0.2, 0) is 6.42 Å². The van der Waals surface area contributed by atoms with Crippen LogP contribution < -0.4 is 4.90 Å². The van der Waals surface area contributed by atoms with Crippen molar-refractivity contribution in [3.05, 3.63) is 40.3 Å². The number of anilines is 1. The van der Waals surface area contributed by atoms with Crippen molar-refractivity contribution in [3.8, 4) is 0 Å². The van der Waals surface area contributed by atoms with Crippen LogP contribution >= 0.6 is 0 Å². The van der Waals surface area contributed by atoms with Crippen molar-refractivity contribution in [1.82, 2.24) is 0 Å². The molecule has 16 heavy (non-hydrogen) atoms. The molecule has 0 unspecified atom stereocenters. The lowest BCUT2D eigenvalue weighted by atomic mass is 10.1. The van der Waals surface area contributed by atoms with Gasteiger partial charge in [0.2, 0.25) is 0 Å². The molecule has 0 amide bonds. The summed E-state index contributed by atoms with van der Waals surface area (Å²) < 4.78 is 0. The van der Waals surface area contributed by atoms with E-state index in [-0.39, 0.29) is 0 Å². The van der Waals surface area contributed by atoms with Crippen LogP contribution in [0.25, 0.3) is 10.4 Å². The molecule has 0 aliphatic carbocycles. The topological polar surface area (TPSA) is 52.0 Å². The third-order valence-corrected chi connectivity index (χ3v) is 2.98. The van der Waals surface area contributed by atoms with Crippen LogP contribution in [0.1, 0.15) is 18.4 Å². The lowest BCUT2D eigenvalue weighted by Gasteiger charge is -2.21. The predicted octanol–water partition coefficient (Wildman–Crippen LogP) is 3.14. The van der Waals surface area contributed by atoms with Gasteiger partial charge in [0, 0.05) is 30.2 Å². The number of hydrogen-bond donors (Lipinski definition) is 0. The smallest absolute Gasteiger partial charge is 0.0398 e. The van der Waals surface area contributed by atoms with E-state index >= 15 is 0 Å². The van der Waals surface area contributed by atoms with E-state index in [0.29, 0.717) is 6.54 Å². The van der Waals surface area contributed by atoms with Crippen molar-refractivity contribution in [3.63, 3.8) is 0 Å². The summed E-state index contributed by atoms with van der Waals surface area (Å²) in [5.41, 5.74) is 10.9. The van der Waals surface area contributed by atoms with Crippen LogP contribution in [0.5, 0.6) is 0 Å². The highest BCUT2D eigenvalue weighted by atomic mass is 15.1. The van der Waals surface area contributed by atoms with Gasteiger partial charge in [0.15, 0.2) is 0 Å². The molecule has 0 spiro atoms. The first-order chi connectivity index (χ1) is 7.92. The second kappa shape index (κ2) is 5.42. The van der Waals surface area contributed by atoms with E-state index in [9.17, 15) is 0 Å². The summed E-state index contributed by atoms with van der Waals surface area (Å²) in [4.78, 5) is 5.21. The third kappa shape index (κ3) is 2.47. The number of rotatable bonds is 4. The van der Waals surface area contributed by atoms with Crippen molar-refractivity contribution in [2.75, 3.05) is 24.5 Å². The van der Waals surface area contributed by atoms with Crippen molar-refractivity contribution >= 4 is 5.69 Å². The van der Waals surface area contributed by atoms with Crippen LogP contribution in [0.15, 0.2) is 29.4 Å². The summed E-state index contributed by atoms with van der Waals surface area (Å²) >= 11 is 0. The SMILES string of the molecule is [N-]=[N+]=NCCc1ccccc1N1CCCC1. The molecular formula is C12H16N4. The zero-order valence-electron chi connectivity index (χ0n) is 9.34. The van der Waals surface area contributed by atoms with Gasteiger partial charge in [-0.3, -0.25) is 0 Å². The van der Waals surface area contributed by atoms with Gasteiger partial charge in [-0.2, -0.15) is 0 Å². The fraction of sp³-hybridized carbons (Fsp3) is 0.500. The Labute approximate surface area is 95.5 Å². The predicted molar refractivity (Wildman–Crippen MR) is 65.6 cm³/mol. The van der Waals surface area contributed by atoms with Crippen molar-refractivity contribution in [1.29, 1.82) is 0 Å². The second-order valence-corrected chi connectivity index (χ2v) is 4.03. The largest absolute Gasteiger partial charge is 0.371 e. The molecule has 0 radical (unpaired) electrons. The summed E-state index contributed by atoms with van der Waals surface area (Å²) in [7, 11) is 0. The number of nitrogens with zero attached hydrogens (tertiary/aromatic N) is 4. The summed E-state index contributed by atoms with van der Waals surface area (Å²) in [5, 5.41) is 3.60. The average Bonchev–Trinajstić information content (AvgIpc) is 2.83. The first kappa shape index (κ1) is 10.8. The van der Waals surface area contributed by atoms with E-state index in [2.05, 4.69) is 33.1 Å². The Hall–Kier alpha value is -1.67. The Kier molecular flexibility index (Phi) is 3.67. The number of hydrogen-bond acceptors (Lipinski definition) is 2. The molecule has 0 aromatic heterocycles. The summed E-state index contributed by atoms with van der Waals surface area (Å²) in [6.45, 7) is 2.85. The molecule has 1 aromatic rings. The van der Waals surface area contributed by atoms with Gasteiger partial charge in [0.1, 0.15) is 0 Å². The quantitative estimate of drug-likeness (QED) is 0.433. The molecule has 1 aliphatic rings. The Balaban J connectivity index is 2.12. The Morgan fingerprint density at radius 3 is 2.75 bits per heavy atom. The molecule has 0 bridgehead atoms. The Morgan fingerprint density at radius 2 is 2.00 bits per heavy atom. The maximum absolute atomic E-state index is 8.27. The van der Waals surface area contributed by atoms with Gasteiger partial charge in [0.05, 0.1) is 0 Å². The molecule has 1 aromatic carbocycles. The second-order valence-electron chi connectivity index (χ2n) is 4.03. The van der Waals surface area contributed by atoms with Gasteiger partial charge in [-0.15, -0.1) is 0 Å². The molecular weight excluding hydrogens is 200 g/mol. The molecule has 0 atom stereocenters. The first-order valence-corrected chi connectivity index (χ1v) is 5.75. The average molecular weight is 216 g/mol. The van der Waals surface area contributed by atoms with Crippen LogP contribution in [0.2, 0.25) is 0 Å².